The standard InChI is InChI=1S/C18H17BrFN3O3S.2C2H6/c1-2-26-18(25)14-13(5-7-24)22-16(17-21-6-8-27-17)23-15(14)11-4-3-10(20)9-12(11)19;2*1-2/h3-4,6,8-9,15,24H,2,5,7H2,1H3,(H,22,23);2*1-2H3. The second kappa shape index (κ2) is 14.1. The molecule has 0 saturated heterocycles. The molecule has 170 valence electrons. The quantitative estimate of drug-likeness (QED) is 0.506. The molecule has 0 fully saturated rings. The SMILES string of the molecule is CC.CC.CCOC(=O)C1=C(CCO)NC(c2nccs2)=NC1c1ccc(F)cc1Br. The molecule has 0 spiro atoms. The summed E-state index contributed by atoms with van der Waals surface area (Å²) in [7, 11) is 0. The van der Waals surface area contributed by atoms with E-state index in [0.29, 0.717) is 32.1 Å². The van der Waals surface area contributed by atoms with Crippen LogP contribution in [0, 0.1) is 5.82 Å². The summed E-state index contributed by atoms with van der Waals surface area (Å²) in [5, 5.41) is 15.0. The van der Waals surface area contributed by atoms with Crippen molar-refractivity contribution in [2.45, 2.75) is 47.1 Å². The number of hydrogen-bond donors (Lipinski definition) is 2. The number of esters is 1. The molecule has 0 bridgehead atoms. The van der Waals surface area contributed by atoms with E-state index < -0.39 is 17.8 Å². The number of nitrogens with zero attached hydrogens (tertiary/aromatic N) is 2. The van der Waals surface area contributed by atoms with E-state index in [0.717, 1.165) is 0 Å². The van der Waals surface area contributed by atoms with Crippen molar-refractivity contribution in [2.75, 3.05) is 13.2 Å². The van der Waals surface area contributed by atoms with Crippen molar-refractivity contribution in [1.29, 1.82) is 0 Å². The fourth-order valence-electron chi connectivity index (χ4n) is 2.75. The molecule has 2 N–H and O–H groups in total. The molecule has 0 amide bonds. The van der Waals surface area contributed by atoms with Crippen LogP contribution < -0.4 is 5.32 Å². The summed E-state index contributed by atoms with van der Waals surface area (Å²) in [6.45, 7) is 9.76. The minimum absolute atomic E-state index is 0.159. The summed E-state index contributed by atoms with van der Waals surface area (Å²) in [5.41, 5.74) is 1.42. The van der Waals surface area contributed by atoms with E-state index in [9.17, 15) is 14.3 Å². The fraction of sp³-hybridized carbons (Fsp3) is 0.409. The zero-order valence-corrected chi connectivity index (χ0v) is 20.8. The van der Waals surface area contributed by atoms with Gasteiger partial charge in [-0.15, -0.1) is 11.3 Å². The lowest BCUT2D eigenvalue weighted by molar-refractivity contribution is -0.139. The van der Waals surface area contributed by atoms with Crippen LogP contribution in [0.1, 0.15) is 57.7 Å². The lowest BCUT2D eigenvalue weighted by Gasteiger charge is -2.27. The minimum atomic E-state index is -0.722. The molecule has 1 aromatic carbocycles. The van der Waals surface area contributed by atoms with Crippen molar-refractivity contribution in [1.82, 2.24) is 10.3 Å². The van der Waals surface area contributed by atoms with Crippen molar-refractivity contribution >= 4 is 39.1 Å². The predicted molar refractivity (Wildman–Crippen MR) is 127 cm³/mol. The van der Waals surface area contributed by atoms with Gasteiger partial charge in [-0.05, 0) is 24.6 Å². The van der Waals surface area contributed by atoms with Crippen LogP contribution in [0.15, 0.2) is 50.5 Å². The highest BCUT2D eigenvalue weighted by Crippen LogP contribution is 2.37. The van der Waals surface area contributed by atoms with Gasteiger partial charge in [-0.1, -0.05) is 49.7 Å². The number of carbonyl (C=O) groups excluding carboxylic acids is 1. The molecule has 1 aliphatic rings. The van der Waals surface area contributed by atoms with Crippen LogP contribution in [0.25, 0.3) is 0 Å². The first-order valence-corrected chi connectivity index (χ1v) is 11.9. The molecular formula is C22H29BrFN3O3S. The summed E-state index contributed by atoms with van der Waals surface area (Å²) in [6, 6.07) is 3.49. The second-order valence-corrected chi connectivity index (χ2v) is 7.34. The second-order valence-electron chi connectivity index (χ2n) is 5.59. The maximum Gasteiger partial charge on any atom is 0.338 e. The number of aromatic nitrogens is 1. The highest BCUT2D eigenvalue weighted by atomic mass is 79.9. The third kappa shape index (κ3) is 6.95. The van der Waals surface area contributed by atoms with Crippen molar-refractivity contribution in [3.8, 4) is 0 Å². The number of hydrogen-bond acceptors (Lipinski definition) is 7. The summed E-state index contributed by atoms with van der Waals surface area (Å²) in [6.07, 6.45) is 1.87. The molecule has 6 nitrogen and oxygen atoms in total. The number of halogens is 2. The molecule has 1 aromatic heterocycles. The summed E-state index contributed by atoms with van der Waals surface area (Å²) < 4.78 is 19.3. The maximum atomic E-state index is 13.6. The number of benzene rings is 1. The highest BCUT2D eigenvalue weighted by Gasteiger charge is 2.33. The Balaban J connectivity index is 0.00000113. The highest BCUT2D eigenvalue weighted by molar-refractivity contribution is 9.10. The van der Waals surface area contributed by atoms with Crippen LogP contribution in [0.5, 0.6) is 0 Å². The first kappa shape index (κ1) is 26.9. The molecule has 0 saturated carbocycles. The zero-order valence-electron chi connectivity index (χ0n) is 18.4. The normalized spacial score (nSPS) is 15.0. The number of amidine groups is 1. The predicted octanol–water partition coefficient (Wildman–Crippen LogP) is 5.39. The topological polar surface area (TPSA) is 83.8 Å². The van der Waals surface area contributed by atoms with Crippen molar-refractivity contribution < 1.29 is 19.0 Å². The lowest BCUT2D eigenvalue weighted by Crippen LogP contribution is -2.34. The first-order valence-electron chi connectivity index (χ1n) is 10.3. The van der Waals surface area contributed by atoms with E-state index >= 15 is 0 Å². The van der Waals surface area contributed by atoms with Crippen molar-refractivity contribution in [3.63, 3.8) is 0 Å². The van der Waals surface area contributed by atoms with Crippen molar-refractivity contribution in [2.24, 2.45) is 4.99 Å². The van der Waals surface area contributed by atoms with Gasteiger partial charge in [0.25, 0.3) is 0 Å². The molecule has 1 atom stereocenters. The Labute approximate surface area is 195 Å². The molecule has 9 heteroatoms. The lowest BCUT2D eigenvalue weighted by atomic mass is 9.94. The Hall–Kier alpha value is -2.10. The summed E-state index contributed by atoms with van der Waals surface area (Å²) in [5.74, 6) is -0.444. The van der Waals surface area contributed by atoms with E-state index in [1.807, 2.05) is 33.1 Å². The monoisotopic (exact) mass is 513 g/mol. The van der Waals surface area contributed by atoms with Crippen molar-refractivity contribution in [3.05, 3.63) is 61.9 Å². The van der Waals surface area contributed by atoms with E-state index in [1.54, 1.807) is 19.2 Å². The van der Waals surface area contributed by atoms with Gasteiger partial charge in [0.05, 0.1) is 12.2 Å². The summed E-state index contributed by atoms with van der Waals surface area (Å²) >= 11 is 4.76. The Morgan fingerprint density at radius 1 is 1.32 bits per heavy atom. The number of aliphatic hydroxyl groups excluding tert-OH is 1. The van der Waals surface area contributed by atoms with Gasteiger partial charge in [-0.25, -0.2) is 14.2 Å². The van der Waals surface area contributed by atoms with Gasteiger partial charge in [0.1, 0.15) is 11.9 Å². The molecule has 31 heavy (non-hydrogen) atoms. The number of nitrogens with one attached hydrogen (secondary N) is 1. The van der Waals surface area contributed by atoms with E-state index in [1.165, 1.54) is 23.5 Å². The first-order chi connectivity index (χ1) is 15.0. The van der Waals surface area contributed by atoms with Gasteiger partial charge in [-0.3, -0.25) is 4.99 Å². The molecule has 1 aliphatic heterocycles. The van der Waals surface area contributed by atoms with Gasteiger partial charge in [0.2, 0.25) is 0 Å². The number of rotatable bonds is 6. The van der Waals surface area contributed by atoms with Crippen LogP contribution in [-0.4, -0.2) is 35.1 Å². The number of carbonyl (C=O) groups is 1. The number of ether oxygens (including phenoxy) is 1. The molecule has 0 aliphatic carbocycles. The number of thiazole rings is 1. The molecule has 2 aromatic rings. The molecular weight excluding hydrogens is 485 g/mol. The largest absolute Gasteiger partial charge is 0.463 e. The maximum absolute atomic E-state index is 13.6. The van der Waals surface area contributed by atoms with Gasteiger partial charge in [-0.2, -0.15) is 0 Å². The summed E-state index contributed by atoms with van der Waals surface area (Å²) in [4.78, 5) is 21.6. The molecule has 1 unspecified atom stereocenters. The number of aliphatic hydroxyl groups is 1. The van der Waals surface area contributed by atoms with E-state index in [2.05, 4.69) is 31.2 Å². The number of aliphatic imine (C=N–C) groups is 1. The Morgan fingerprint density at radius 3 is 2.58 bits per heavy atom. The Kier molecular flexibility index (Phi) is 12.2. The van der Waals surface area contributed by atoms with E-state index in [4.69, 9.17) is 4.74 Å². The fourth-order valence-corrected chi connectivity index (χ4v) is 3.91. The zero-order chi connectivity index (χ0) is 23.4. The third-order valence-corrected chi connectivity index (χ3v) is 5.34. The Morgan fingerprint density at radius 2 is 2.03 bits per heavy atom. The van der Waals surface area contributed by atoms with Gasteiger partial charge < -0.3 is 15.2 Å². The van der Waals surface area contributed by atoms with Gasteiger partial charge in [0.15, 0.2) is 10.8 Å². The van der Waals surface area contributed by atoms with E-state index in [-0.39, 0.29) is 19.6 Å². The van der Waals surface area contributed by atoms with Crippen LogP contribution >= 0.6 is 27.3 Å². The average molecular weight is 514 g/mol. The van der Waals surface area contributed by atoms with Crippen LogP contribution in [0.2, 0.25) is 0 Å². The van der Waals surface area contributed by atoms with Crippen LogP contribution in [0.3, 0.4) is 0 Å². The molecule has 3 rings (SSSR count). The molecule has 2 heterocycles. The minimum Gasteiger partial charge on any atom is -0.463 e. The third-order valence-electron chi connectivity index (χ3n) is 3.88. The van der Waals surface area contributed by atoms with Gasteiger partial charge >= 0.3 is 5.97 Å². The smallest absolute Gasteiger partial charge is 0.338 e. The van der Waals surface area contributed by atoms with Crippen LogP contribution in [-0.2, 0) is 9.53 Å². The van der Waals surface area contributed by atoms with Crippen LogP contribution in [0.4, 0.5) is 4.39 Å². The molecule has 0 radical (unpaired) electrons. The average Bonchev–Trinajstić information content (AvgIpc) is 3.31. The van der Waals surface area contributed by atoms with Gasteiger partial charge in [0, 0.05) is 34.8 Å². The Bertz CT molecular complexity index is 901.